The molecule has 1 atom stereocenters. The number of rotatable bonds is 4. The highest BCUT2D eigenvalue weighted by Gasteiger charge is 2.26. The zero-order valence-electron chi connectivity index (χ0n) is 13.2. The van der Waals surface area contributed by atoms with Crippen molar-refractivity contribution < 1.29 is 4.79 Å². The monoisotopic (exact) mass is 323 g/mol. The van der Waals surface area contributed by atoms with Gasteiger partial charge in [-0.05, 0) is 36.8 Å². The predicted molar refractivity (Wildman–Crippen MR) is 94.9 cm³/mol. The lowest BCUT2D eigenvalue weighted by Gasteiger charge is -2.36. The average Bonchev–Trinajstić information content (AvgIpc) is 2.95. The maximum absolute atomic E-state index is 12.5. The summed E-state index contributed by atoms with van der Waals surface area (Å²) in [5.41, 5.74) is 0. The second-order valence-corrected chi connectivity index (χ2v) is 9.28. The fourth-order valence-electron chi connectivity index (χ4n) is 2.45. The SMILES string of the molecule is CC(C)(C)SC[C@H]1CCCCN1C(=O)/C=C/c1cccs1. The summed E-state index contributed by atoms with van der Waals surface area (Å²) in [6.07, 6.45) is 7.20. The molecule has 0 bridgehead atoms. The van der Waals surface area contributed by atoms with Crippen LogP contribution in [0, 0.1) is 0 Å². The van der Waals surface area contributed by atoms with Crippen molar-refractivity contribution in [3.8, 4) is 0 Å². The molecule has 1 aromatic heterocycles. The van der Waals surface area contributed by atoms with E-state index in [4.69, 9.17) is 0 Å². The lowest BCUT2D eigenvalue weighted by atomic mass is 10.0. The number of thiophene rings is 1. The van der Waals surface area contributed by atoms with E-state index in [1.807, 2.05) is 35.4 Å². The number of likely N-dealkylation sites (tertiary alicyclic amines) is 1. The minimum absolute atomic E-state index is 0.169. The van der Waals surface area contributed by atoms with Crippen LogP contribution in [0.5, 0.6) is 0 Å². The van der Waals surface area contributed by atoms with E-state index in [9.17, 15) is 4.79 Å². The predicted octanol–water partition coefficient (Wildman–Crippen LogP) is 4.67. The van der Waals surface area contributed by atoms with Crippen molar-refractivity contribution in [2.75, 3.05) is 12.3 Å². The molecule has 0 N–H and O–H groups in total. The van der Waals surface area contributed by atoms with Crippen molar-refractivity contribution in [2.45, 2.75) is 50.8 Å². The Kier molecular flexibility index (Phi) is 5.94. The van der Waals surface area contributed by atoms with Crippen LogP contribution >= 0.6 is 23.1 Å². The molecular weight excluding hydrogens is 298 g/mol. The van der Waals surface area contributed by atoms with Gasteiger partial charge in [-0.2, -0.15) is 11.8 Å². The van der Waals surface area contributed by atoms with Crippen LogP contribution in [-0.2, 0) is 4.79 Å². The number of carbonyl (C=O) groups is 1. The highest BCUT2D eigenvalue weighted by molar-refractivity contribution is 8.00. The second kappa shape index (κ2) is 7.50. The molecule has 1 amide bonds. The summed E-state index contributed by atoms with van der Waals surface area (Å²) in [5, 5.41) is 2.04. The van der Waals surface area contributed by atoms with Crippen LogP contribution in [0.25, 0.3) is 6.08 Å². The van der Waals surface area contributed by atoms with Crippen LogP contribution in [0.15, 0.2) is 23.6 Å². The number of hydrogen-bond acceptors (Lipinski definition) is 3. The smallest absolute Gasteiger partial charge is 0.246 e. The summed E-state index contributed by atoms with van der Waals surface area (Å²) < 4.78 is 0.263. The van der Waals surface area contributed by atoms with Crippen LogP contribution < -0.4 is 0 Å². The van der Waals surface area contributed by atoms with E-state index in [1.54, 1.807) is 17.4 Å². The molecule has 1 aromatic rings. The first kappa shape index (κ1) is 16.6. The lowest BCUT2D eigenvalue weighted by molar-refractivity contribution is -0.128. The van der Waals surface area contributed by atoms with Gasteiger partial charge in [0.2, 0.25) is 5.91 Å². The first-order chi connectivity index (χ1) is 9.96. The van der Waals surface area contributed by atoms with E-state index in [-0.39, 0.29) is 10.7 Å². The molecule has 1 fully saturated rings. The highest BCUT2D eigenvalue weighted by atomic mass is 32.2. The summed E-state index contributed by atoms with van der Waals surface area (Å²) in [7, 11) is 0. The Morgan fingerprint density at radius 1 is 1.48 bits per heavy atom. The minimum Gasteiger partial charge on any atom is -0.335 e. The Morgan fingerprint density at radius 2 is 2.29 bits per heavy atom. The molecule has 1 aliphatic heterocycles. The van der Waals surface area contributed by atoms with Gasteiger partial charge in [0, 0.05) is 34.0 Å². The van der Waals surface area contributed by atoms with Crippen molar-refractivity contribution in [1.82, 2.24) is 4.90 Å². The summed E-state index contributed by atoms with van der Waals surface area (Å²) in [5.74, 6) is 1.21. The molecule has 116 valence electrons. The van der Waals surface area contributed by atoms with Gasteiger partial charge in [-0.25, -0.2) is 0 Å². The van der Waals surface area contributed by atoms with Gasteiger partial charge in [0.15, 0.2) is 0 Å². The highest BCUT2D eigenvalue weighted by Crippen LogP contribution is 2.28. The Hall–Kier alpha value is -0.740. The van der Waals surface area contributed by atoms with E-state index in [1.165, 1.54) is 6.42 Å². The Morgan fingerprint density at radius 3 is 2.95 bits per heavy atom. The molecule has 0 spiro atoms. The molecule has 2 rings (SSSR count). The van der Waals surface area contributed by atoms with E-state index < -0.39 is 0 Å². The third-order valence-corrected chi connectivity index (χ3v) is 5.81. The van der Waals surface area contributed by atoms with E-state index >= 15 is 0 Å². The number of piperidine rings is 1. The lowest BCUT2D eigenvalue weighted by Crippen LogP contribution is -2.44. The number of hydrogen-bond donors (Lipinski definition) is 0. The van der Waals surface area contributed by atoms with Crippen LogP contribution in [0.3, 0.4) is 0 Å². The topological polar surface area (TPSA) is 20.3 Å². The Labute approximate surface area is 136 Å². The molecule has 2 nitrogen and oxygen atoms in total. The van der Waals surface area contributed by atoms with Gasteiger partial charge in [0.05, 0.1) is 0 Å². The van der Waals surface area contributed by atoms with Crippen molar-refractivity contribution in [2.24, 2.45) is 0 Å². The second-order valence-electron chi connectivity index (χ2n) is 6.45. The fraction of sp³-hybridized carbons (Fsp3) is 0.588. The molecule has 0 saturated carbocycles. The fourth-order valence-corrected chi connectivity index (χ4v) is 4.10. The van der Waals surface area contributed by atoms with Crippen LogP contribution in [0.2, 0.25) is 0 Å². The quantitative estimate of drug-likeness (QED) is 0.750. The third-order valence-electron chi connectivity index (χ3n) is 3.55. The molecule has 4 heteroatoms. The van der Waals surface area contributed by atoms with Gasteiger partial charge in [-0.15, -0.1) is 11.3 Å². The first-order valence-electron chi connectivity index (χ1n) is 7.62. The minimum atomic E-state index is 0.169. The molecule has 2 heterocycles. The number of thioether (sulfide) groups is 1. The van der Waals surface area contributed by atoms with Crippen LogP contribution in [0.1, 0.15) is 44.9 Å². The standard InChI is InChI=1S/C17H25NOS2/c1-17(2,3)21-13-14-7-4-5-11-18(14)16(19)10-9-15-8-6-12-20-15/h6,8-10,12,14H,4-5,7,11,13H2,1-3H3/b10-9+/t14-/m1/s1. The van der Waals surface area contributed by atoms with Crippen molar-refractivity contribution in [1.29, 1.82) is 0 Å². The maximum Gasteiger partial charge on any atom is 0.246 e. The number of carbonyl (C=O) groups excluding carboxylic acids is 1. The zero-order chi connectivity index (χ0) is 15.3. The van der Waals surface area contributed by atoms with Gasteiger partial charge >= 0.3 is 0 Å². The summed E-state index contributed by atoms with van der Waals surface area (Å²) in [6, 6.07) is 4.44. The van der Waals surface area contributed by atoms with Gasteiger partial charge in [-0.3, -0.25) is 4.79 Å². The van der Waals surface area contributed by atoms with Crippen LogP contribution in [-0.4, -0.2) is 33.9 Å². The number of nitrogens with zero attached hydrogens (tertiary/aromatic N) is 1. The summed E-state index contributed by atoms with van der Waals surface area (Å²) in [4.78, 5) is 15.7. The van der Waals surface area contributed by atoms with E-state index in [2.05, 4.69) is 25.7 Å². The first-order valence-corrected chi connectivity index (χ1v) is 9.48. The molecular formula is C17H25NOS2. The summed E-state index contributed by atoms with van der Waals surface area (Å²) >= 11 is 3.63. The molecule has 0 unspecified atom stereocenters. The van der Waals surface area contributed by atoms with E-state index in [0.717, 1.165) is 30.0 Å². The average molecular weight is 324 g/mol. The third kappa shape index (κ3) is 5.51. The number of amides is 1. The van der Waals surface area contributed by atoms with Crippen molar-refractivity contribution in [3.63, 3.8) is 0 Å². The van der Waals surface area contributed by atoms with Gasteiger partial charge in [0.1, 0.15) is 0 Å². The molecule has 1 aliphatic rings. The van der Waals surface area contributed by atoms with E-state index in [0.29, 0.717) is 6.04 Å². The Balaban J connectivity index is 1.95. The van der Waals surface area contributed by atoms with Gasteiger partial charge in [-0.1, -0.05) is 26.8 Å². The molecule has 0 aliphatic carbocycles. The molecule has 0 aromatic carbocycles. The molecule has 1 saturated heterocycles. The largest absolute Gasteiger partial charge is 0.335 e. The molecule has 21 heavy (non-hydrogen) atoms. The normalized spacial score (nSPS) is 20.1. The van der Waals surface area contributed by atoms with Crippen molar-refractivity contribution >= 4 is 35.1 Å². The van der Waals surface area contributed by atoms with Gasteiger partial charge < -0.3 is 4.90 Å². The molecule has 0 radical (unpaired) electrons. The van der Waals surface area contributed by atoms with Crippen LogP contribution in [0.4, 0.5) is 0 Å². The summed E-state index contributed by atoms with van der Waals surface area (Å²) in [6.45, 7) is 7.62. The van der Waals surface area contributed by atoms with Crippen molar-refractivity contribution in [3.05, 3.63) is 28.5 Å². The zero-order valence-corrected chi connectivity index (χ0v) is 14.8. The maximum atomic E-state index is 12.5. The van der Waals surface area contributed by atoms with Gasteiger partial charge in [0.25, 0.3) is 0 Å². The Bertz CT molecular complexity index is 473.